The molecule has 0 radical (unpaired) electrons. The Bertz CT molecular complexity index is 1690. The lowest BCUT2D eigenvalue weighted by Gasteiger charge is -2.36. The molecule has 2 aromatic carbocycles. The minimum Gasteiger partial charge on any atom is -0.444 e. The Morgan fingerprint density at radius 2 is 1.55 bits per heavy atom. The van der Waals surface area contributed by atoms with Gasteiger partial charge in [-0.1, -0.05) is 28.1 Å². The van der Waals surface area contributed by atoms with E-state index in [2.05, 4.69) is 31.3 Å². The van der Waals surface area contributed by atoms with Gasteiger partial charge < -0.3 is 15.8 Å². The van der Waals surface area contributed by atoms with Gasteiger partial charge in [-0.05, 0) is 94.3 Å². The minimum atomic E-state index is -6.57. The molecule has 51 heavy (non-hydrogen) atoms. The summed E-state index contributed by atoms with van der Waals surface area (Å²) in [6.07, 6.45) is -5.08. The smallest absolute Gasteiger partial charge is 0.444 e. The third-order valence-electron chi connectivity index (χ3n) is 8.29. The van der Waals surface area contributed by atoms with Crippen molar-refractivity contribution in [3.8, 4) is 11.4 Å². The summed E-state index contributed by atoms with van der Waals surface area (Å²) >= 11 is 3.35. The Hall–Kier alpha value is -4.22. The molecule has 1 aliphatic rings. The normalized spacial score (nSPS) is 17.8. The summed E-state index contributed by atoms with van der Waals surface area (Å²) < 4.78 is 99.7. The van der Waals surface area contributed by atoms with Gasteiger partial charge in [0.1, 0.15) is 11.6 Å². The number of anilines is 1. The van der Waals surface area contributed by atoms with Crippen LogP contribution in [-0.2, 0) is 26.7 Å². The number of ether oxygens (including phenoxy) is 1. The van der Waals surface area contributed by atoms with Crippen LogP contribution in [0.5, 0.6) is 0 Å². The zero-order valence-electron chi connectivity index (χ0n) is 27.7. The largest absolute Gasteiger partial charge is 0.460 e. The minimum absolute atomic E-state index is 0.0270. The van der Waals surface area contributed by atoms with Crippen molar-refractivity contribution >= 4 is 39.5 Å². The lowest BCUT2D eigenvalue weighted by Crippen LogP contribution is -2.52. The fourth-order valence-electron chi connectivity index (χ4n) is 5.61. The third kappa shape index (κ3) is 9.37. The van der Waals surface area contributed by atoms with E-state index in [-0.39, 0.29) is 23.6 Å². The van der Waals surface area contributed by atoms with Gasteiger partial charge in [0.2, 0.25) is 17.6 Å². The predicted octanol–water partition coefficient (Wildman–Crippen LogP) is 7.28. The molecule has 0 saturated heterocycles. The van der Waals surface area contributed by atoms with Crippen molar-refractivity contribution in [3.05, 3.63) is 64.4 Å². The molecule has 0 aliphatic heterocycles. The van der Waals surface area contributed by atoms with Crippen molar-refractivity contribution in [3.63, 3.8) is 0 Å². The molecule has 4 rings (SSSR count). The summed E-state index contributed by atoms with van der Waals surface area (Å²) in [5.41, 5.74) is 6.00. The molecule has 1 fully saturated rings. The SMILES string of the molecule is CC(C)(C)OC(=O)NC[C@H]1CC[C@H](C(=O)N(c2ccc(-c3nc(C(F)(F)C(F)(F)C(F)(F)F)n[nH]3)cc2)[C@@H](Cc2ccc(Br)cc2)C(N)=O)CC1. The van der Waals surface area contributed by atoms with Crippen LogP contribution >= 0.6 is 15.9 Å². The molecular formula is C33H36BrF7N6O4. The van der Waals surface area contributed by atoms with E-state index in [9.17, 15) is 45.1 Å². The van der Waals surface area contributed by atoms with Crippen LogP contribution in [0, 0.1) is 11.8 Å². The number of rotatable bonds is 11. The van der Waals surface area contributed by atoms with Crippen LogP contribution in [0.4, 0.5) is 41.2 Å². The fraction of sp³-hybridized carbons (Fsp3) is 0.485. The van der Waals surface area contributed by atoms with Crippen molar-refractivity contribution in [1.82, 2.24) is 20.5 Å². The molecule has 1 aliphatic carbocycles. The predicted molar refractivity (Wildman–Crippen MR) is 175 cm³/mol. The molecule has 278 valence electrons. The van der Waals surface area contributed by atoms with Gasteiger partial charge in [-0.25, -0.2) is 9.78 Å². The monoisotopic (exact) mass is 792 g/mol. The zero-order chi connectivity index (χ0) is 37.9. The van der Waals surface area contributed by atoms with Gasteiger partial charge in [-0.15, -0.1) is 0 Å². The number of aromatic amines is 1. The van der Waals surface area contributed by atoms with E-state index in [0.717, 1.165) is 4.47 Å². The summed E-state index contributed by atoms with van der Waals surface area (Å²) in [5, 5.41) is 7.61. The molecule has 3 amide bonds. The number of primary amides is 1. The summed E-state index contributed by atoms with van der Waals surface area (Å²) in [5.74, 6) is -16.6. The van der Waals surface area contributed by atoms with Gasteiger partial charge in [0, 0.05) is 34.6 Å². The number of H-pyrrole nitrogens is 1. The Labute approximate surface area is 296 Å². The van der Waals surface area contributed by atoms with Crippen LogP contribution < -0.4 is 16.0 Å². The van der Waals surface area contributed by atoms with Gasteiger partial charge in [0.05, 0.1) is 0 Å². The van der Waals surface area contributed by atoms with Crippen LogP contribution in [0.2, 0.25) is 0 Å². The highest BCUT2D eigenvalue weighted by Gasteiger charge is 2.75. The van der Waals surface area contributed by atoms with Crippen molar-refractivity contribution in [2.75, 3.05) is 11.4 Å². The van der Waals surface area contributed by atoms with E-state index >= 15 is 0 Å². The van der Waals surface area contributed by atoms with Crippen LogP contribution in [0.15, 0.2) is 53.0 Å². The molecule has 4 N–H and O–H groups in total. The van der Waals surface area contributed by atoms with Crippen molar-refractivity contribution in [1.29, 1.82) is 0 Å². The molecule has 3 aromatic rings. The number of hydrogen-bond donors (Lipinski definition) is 3. The second kappa shape index (κ2) is 15.2. The number of hydrogen-bond acceptors (Lipinski definition) is 6. The number of carbonyl (C=O) groups is 3. The maximum Gasteiger partial charge on any atom is 0.460 e. The summed E-state index contributed by atoms with van der Waals surface area (Å²) in [6.45, 7) is 5.58. The molecule has 0 spiro atoms. The van der Waals surface area contributed by atoms with Crippen LogP contribution in [0.25, 0.3) is 11.4 Å². The number of nitrogens with two attached hydrogens (primary N) is 1. The van der Waals surface area contributed by atoms with Crippen LogP contribution in [0.1, 0.15) is 57.8 Å². The second-order valence-corrected chi connectivity index (χ2v) is 14.2. The second-order valence-electron chi connectivity index (χ2n) is 13.3. The van der Waals surface area contributed by atoms with Gasteiger partial charge in [-0.3, -0.25) is 19.6 Å². The molecule has 18 heteroatoms. The average molecular weight is 794 g/mol. The first-order valence-corrected chi connectivity index (χ1v) is 16.6. The zero-order valence-corrected chi connectivity index (χ0v) is 29.3. The number of alkyl halides is 7. The standard InChI is InChI=1S/C33H36BrF7N6O4/c1-30(2,3)51-29(50)43-17-19-4-8-21(9-5-19)27(49)47(24(25(42)48)16-18-6-12-22(34)13-7-18)23-14-10-20(11-15-23)26-44-28(46-45-26)31(35,36)32(37,38)33(39,40)41/h6-7,10-15,19,21,24H,4-5,8-9,16-17H2,1-3H3,(H2,42,48)(H,43,50)(H,44,45,46)/t19-,21-,24-/m0/s1. The topological polar surface area (TPSA) is 143 Å². The number of nitrogens with one attached hydrogen (secondary N) is 2. The lowest BCUT2D eigenvalue weighted by atomic mass is 9.81. The summed E-state index contributed by atoms with van der Waals surface area (Å²) in [6, 6.07) is 11.0. The maximum absolute atomic E-state index is 14.2. The molecule has 0 bridgehead atoms. The highest BCUT2D eigenvalue weighted by Crippen LogP contribution is 2.51. The fourth-order valence-corrected chi connectivity index (χ4v) is 5.87. The van der Waals surface area contributed by atoms with Gasteiger partial charge in [0.25, 0.3) is 0 Å². The third-order valence-corrected chi connectivity index (χ3v) is 8.81. The number of nitrogens with zero attached hydrogens (tertiary/aromatic N) is 3. The van der Waals surface area contributed by atoms with E-state index in [0.29, 0.717) is 37.8 Å². The quantitative estimate of drug-likeness (QED) is 0.174. The van der Waals surface area contributed by atoms with E-state index in [1.165, 1.54) is 29.2 Å². The number of halogens is 8. The Morgan fingerprint density at radius 3 is 2.08 bits per heavy atom. The molecule has 0 unspecified atom stereocenters. The number of aromatic nitrogens is 3. The molecule has 1 aromatic heterocycles. The van der Waals surface area contributed by atoms with E-state index in [1.807, 2.05) is 5.10 Å². The maximum atomic E-state index is 14.2. The summed E-state index contributed by atoms with van der Waals surface area (Å²) in [4.78, 5) is 43.7. The Kier molecular flexibility index (Phi) is 11.8. The molecule has 1 atom stereocenters. The van der Waals surface area contributed by atoms with E-state index < -0.39 is 65.1 Å². The Balaban J connectivity index is 1.59. The molecule has 1 heterocycles. The first-order chi connectivity index (χ1) is 23.6. The van der Waals surface area contributed by atoms with Crippen LogP contribution in [0.3, 0.4) is 0 Å². The lowest BCUT2D eigenvalue weighted by molar-refractivity contribution is -0.361. The molecule has 10 nitrogen and oxygen atoms in total. The van der Waals surface area contributed by atoms with Gasteiger partial charge in [0.15, 0.2) is 5.82 Å². The molecular weight excluding hydrogens is 757 g/mol. The number of carbonyl (C=O) groups excluding carboxylic acids is 3. The van der Waals surface area contributed by atoms with Crippen LogP contribution in [-0.4, -0.2) is 63.4 Å². The number of alkyl carbamates (subject to hydrolysis) is 1. The Morgan fingerprint density at radius 1 is 0.961 bits per heavy atom. The average Bonchev–Trinajstić information content (AvgIpc) is 3.55. The first-order valence-electron chi connectivity index (χ1n) is 15.8. The van der Waals surface area contributed by atoms with Crippen molar-refractivity contribution < 1.29 is 49.9 Å². The van der Waals surface area contributed by atoms with E-state index in [4.69, 9.17) is 10.5 Å². The highest BCUT2D eigenvalue weighted by atomic mass is 79.9. The van der Waals surface area contributed by atoms with Gasteiger partial charge >= 0.3 is 24.1 Å². The number of amides is 3. The number of benzene rings is 2. The van der Waals surface area contributed by atoms with Crippen molar-refractivity contribution in [2.45, 2.75) is 82.5 Å². The first kappa shape index (κ1) is 39.6. The van der Waals surface area contributed by atoms with Gasteiger partial charge in [-0.2, -0.15) is 35.8 Å². The van der Waals surface area contributed by atoms with Crippen molar-refractivity contribution in [2.24, 2.45) is 17.6 Å². The highest BCUT2D eigenvalue weighted by molar-refractivity contribution is 9.10. The molecule has 1 saturated carbocycles. The van der Waals surface area contributed by atoms with E-state index in [1.54, 1.807) is 45.0 Å². The summed E-state index contributed by atoms with van der Waals surface area (Å²) in [7, 11) is 0.